The Hall–Kier alpha value is -1.49. The van der Waals surface area contributed by atoms with Gasteiger partial charge in [0.15, 0.2) is 0 Å². The second kappa shape index (κ2) is 6.31. The summed E-state index contributed by atoms with van der Waals surface area (Å²) in [7, 11) is 3.66. The van der Waals surface area contributed by atoms with Crippen LogP contribution in [0.5, 0.6) is 5.75 Å². The molecule has 0 aliphatic carbocycles. The smallest absolute Gasteiger partial charge is 0.121 e. The maximum atomic E-state index is 5.27. The van der Waals surface area contributed by atoms with E-state index < -0.39 is 0 Å². The zero-order valence-electron chi connectivity index (χ0n) is 12.3. The van der Waals surface area contributed by atoms with Crippen molar-refractivity contribution in [3.63, 3.8) is 0 Å². The van der Waals surface area contributed by atoms with Gasteiger partial charge in [0.25, 0.3) is 0 Å². The summed E-state index contributed by atoms with van der Waals surface area (Å²) in [5.74, 6) is 0.908. The van der Waals surface area contributed by atoms with E-state index in [0.717, 1.165) is 45.8 Å². The van der Waals surface area contributed by atoms with Crippen molar-refractivity contribution in [3.8, 4) is 5.75 Å². The van der Waals surface area contributed by atoms with Gasteiger partial charge >= 0.3 is 0 Å². The SMILES string of the molecule is CCc1nn(C)c(CNc2ccc(OC)c(C)c2)c1Br. The molecule has 0 amide bonds. The van der Waals surface area contributed by atoms with Crippen LogP contribution in [0.1, 0.15) is 23.9 Å². The highest BCUT2D eigenvalue weighted by Gasteiger charge is 2.12. The van der Waals surface area contributed by atoms with E-state index in [1.165, 1.54) is 0 Å². The van der Waals surface area contributed by atoms with Crippen LogP contribution in [0.3, 0.4) is 0 Å². The van der Waals surface area contributed by atoms with E-state index in [2.05, 4.69) is 39.3 Å². The van der Waals surface area contributed by atoms with Crippen molar-refractivity contribution in [1.82, 2.24) is 9.78 Å². The Morgan fingerprint density at radius 2 is 2.15 bits per heavy atom. The molecule has 1 N–H and O–H groups in total. The Kier molecular flexibility index (Phi) is 4.70. The second-order valence-electron chi connectivity index (χ2n) is 4.72. The molecular weight excluding hydrogens is 318 g/mol. The van der Waals surface area contributed by atoms with Crippen LogP contribution in [0.2, 0.25) is 0 Å². The lowest BCUT2D eigenvalue weighted by atomic mass is 10.2. The van der Waals surface area contributed by atoms with E-state index in [1.807, 2.05) is 30.8 Å². The molecule has 0 aliphatic heterocycles. The molecule has 0 radical (unpaired) electrons. The van der Waals surface area contributed by atoms with Crippen molar-refractivity contribution in [1.29, 1.82) is 0 Å². The number of methoxy groups -OCH3 is 1. The molecule has 0 saturated heterocycles. The molecule has 1 aromatic heterocycles. The molecule has 0 spiro atoms. The Bertz CT molecular complexity index is 607. The van der Waals surface area contributed by atoms with Crippen LogP contribution < -0.4 is 10.1 Å². The third-order valence-corrected chi connectivity index (χ3v) is 4.27. The summed E-state index contributed by atoms with van der Waals surface area (Å²) in [4.78, 5) is 0. The van der Waals surface area contributed by atoms with Crippen LogP contribution in [-0.2, 0) is 20.0 Å². The van der Waals surface area contributed by atoms with E-state index >= 15 is 0 Å². The standard InChI is InChI=1S/C15H20BrN3O/c1-5-12-15(16)13(19(3)18-12)9-17-11-6-7-14(20-4)10(2)8-11/h6-8,17H,5,9H2,1-4H3. The van der Waals surface area contributed by atoms with Gasteiger partial charge in [-0.2, -0.15) is 5.10 Å². The zero-order valence-corrected chi connectivity index (χ0v) is 13.9. The van der Waals surface area contributed by atoms with Crippen molar-refractivity contribution in [2.24, 2.45) is 7.05 Å². The molecule has 5 heteroatoms. The average Bonchev–Trinajstić information content (AvgIpc) is 2.71. The Labute approximate surface area is 128 Å². The highest BCUT2D eigenvalue weighted by atomic mass is 79.9. The Morgan fingerprint density at radius 1 is 1.40 bits per heavy atom. The molecule has 0 saturated carbocycles. The summed E-state index contributed by atoms with van der Waals surface area (Å²) in [6.07, 6.45) is 0.927. The number of nitrogens with one attached hydrogen (secondary N) is 1. The fourth-order valence-electron chi connectivity index (χ4n) is 2.19. The maximum Gasteiger partial charge on any atom is 0.121 e. The van der Waals surface area contributed by atoms with Gasteiger partial charge in [0.1, 0.15) is 5.75 Å². The number of benzene rings is 1. The molecule has 0 unspecified atom stereocenters. The average molecular weight is 338 g/mol. The topological polar surface area (TPSA) is 39.1 Å². The van der Waals surface area contributed by atoms with Crippen molar-refractivity contribution in [2.75, 3.05) is 12.4 Å². The molecule has 2 rings (SSSR count). The zero-order chi connectivity index (χ0) is 14.7. The lowest BCUT2D eigenvalue weighted by Gasteiger charge is -2.10. The molecule has 108 valence electrons. The molecule has 2 aromatic rings. The van der Waals surface area contributed by atoms with Gasteiger partial charge in [-0.15, -0.1) is 0 Å². The quantitative estimate of drug-likeness (QED) is 0.904. The van der Waals surface area contributed by atoms with E-state index in [-0.39, 0.29) is 0 Å². The molecule has 1 heterocycles. The second-order valence-corrected chi connectivity index (χ2v) is 5.52. The number of aryl methyl sites for hydroxylation is 3. The van der Waals surface area contributed by atoms with Crippen molar-refractivity contribution < 1.29 is 4.74 Å². The van der Waals surface area contributed by atoms with E-state index in [9.17, 15) is 0 Å². The van der Waals surface area contributed by atoms with Crippen LogP contribution in [0, 0.1) is 6.92 Å². The molecule has 4 nitrogen and oxygen atoms in total. The third-order valence-electron chi connectivity index (χ3n) is 3.36. The van der Waals surface area contributed by atoms with Gasteiger partial charge in [-0.1, -0.05) is 6.92 Å². The first-order valence-corrected chi connectivity index (χ1v) is 7.44. The molecule has 20 heavy (non-hydrogen) atoms. The number of aromatic nitrogens is 2. The number of hydrogen-bond donors (Lipinski definition) is 1. The van der Waals surface area contributed by atoms with E-state index in [0.29, 0.717) is 0 Å². The first-order chi connectivity index (χ1) is 9.56. The van der Waals surface area contributed by atoms with Gasteiger partial charge < -0.3 is 10.1 Å². The Balaban J connectivity index is 2.13. The predicted molar refractivity (Wildman–Crippen MR) is 85.3 cm³/mol. The summed E-state index contributed by atoms with van der Waals surface area (Å²) in [6.45, 7) is 4.88. The van der Waals surface area contributed by atoms with Crippen molar-refractivity contribution in [3.05, 3.63) is 39.6 Å². The highest BCUT2D eigenvalue weighted by molar-refractivity contribution is 9.10. The van der Waals surface area contributed by atoms with Gasteiger partial charge in [-0.3, -0.25) is 4.68 Å². The maximum absolute atomic E-state index is 5.27. The van der Waals surface area contributed by atoms with Crippen LogP contribution in [0.25, 0.3) is 0 Å². The minimum Gasteiger partial charge on any atom is -0.496 e. The Morgan fingerprint density at radius 3 is 2.70 bits per heavy atom. The van der Waals surface area contributed by atoms with E-state index in [4.69, 9.17) is 4.74 Å². The third kappa shape index (κ3) is 2.98. The van der Waals surface area contributed by atoms with Crippen LogP contribution >= 0.6 is 15.9 Å². The van der Waals surface area contributed by atoms with Gasteiger partial charge in [-0.25, -0.2) is 0 Å². The first kappa shape index (κ1) is 14.9. The van der Waals surface area contributed by atoms with Gasteiger partial charge in [-0.05, 0) is 53.0 Å². The van der Waals surface area contributed by atoms with Gasteiger partial charge in [0.05, 0.1) is 29.5 Å². The number of rotatable bonds is 5. The minimum absolute atomic E-state index is 0.732. The molecule has 0 bridgehead atoms. The molecule has 0 fully saturated rings. The first-order valence-electron chi connectivity index (χ1n) is 6.65. The lowest BCUT2D eigenvalue weighted by Crippen LogP contribution is -2.06. The summed E-state index contributed by atoms with van der Waals surface area (Å²) < 4.78 is 8.29. The molecule has 1 aromatic carbocycles. The number of nitrogens with zero attached hydrogens (tertiary/aromatic N) is 2. The number of ether oxygens (including phenoxy) is 1. The summed E-state index contributed by atoms with van der Waals surface area (Å²) in [5, 5.41) is 7.92. The summed E-state index contributed by atoms with van der Waals surface area (Å²) >= 11 is 3.63. The molecule has 0 atom stereocenters. The largest absolute Gasteiger partial charge is 0.496 e. The highest BCUT2D eigenvalue weighted by Crippen LogP contribution is 2.24. The van der Waals surface area contributed by atoms with Crippen LogP contribution in [0.4, 0.5) is 5.69 Å². The summed E-state index contributed by atoms with van der Waals surface area (Å²) in [5.41, 5.74) is 4.44. The minimum atomic E-state index is 0.732. The monoisotopic (exact) mass is 337 g/mol. The fraction of sp³-hybridized carbons (Fsp3) is 0.400. The van der Waals surface area contributed by atoms with Gasteiger partial charge in [0, 0.05) is 12.7 Å². The predicted octanol–water partition coefficient (Wildman–Crippen LogP) is 3.67. The fourth-order valence-corrected chi connectivity index (χ4v) is 2.94. The van der Waals surface area contributed by atoms with Crippen LogP contribution in [-0.4, -0.2) is 16.9 Å². The molecular formula is C15H20BrN3O. The lowest BCUT2D eigenvalue weighted by molar-refractivity contribution is 0.412. The van der Waals surface area contributed by atoms with Crippen molar-refractivity contribution in [2.45, 2.75) is 26.8 Å². The molecule has 0 aliphatic rings. The number of anilines is 1. The van der Waals surface area contributed by atoms with Crippen molar-refractivity contribution >= 4 is 21.6 Å². The number of halogens is 1. The summed E-state index contributed by atoms with van der Waals surface area (Å²) in [6, 6.07) is 6.09. The number of hydrogen-bond acceptors (Lipinski definition) is 3. The van der Waals surface area contributed by atoms with Gasteiger partial charge in [0.2, 0.25) is 0 Å². The normalized spacial score (nSPS) is 10.7. The van der Waals surface area contributed by atoms with Crippen LogP contribution in [0.15, 0.2) is 22.7 Å². The van der Waals surface area contributed by atoms with E-state index in [1.54, 1.807) is 7.11 Å².